The standard InChI is InChI=1S/C14H15N5O/c1-2-14(20)7-9-18(10-8-14)12-5-3-4-6-13(12)19-11-15-16-17-19/h1,3-6,11,20H,7-10H2. The zero-order chi connectivity index (χ0) is 14.0. The Bertz CT molecular complexity index is 623. The van der Waals surface area contributed by atoms with E-state index in [1.54, 1.807) is 11.0 Å². The van der Waals surface area contributed by atoms with Gasteiger partial charge in [0.05, 0.1) is 11.4 Å². The zero-order valence-corrected chi connectivity index (χ0v) is 11.0. The third-order valence-corrected chi connectivity index (χ3v) is 3.68. The maximum atomic E-state index is 10.1. The smallest absolute Gasteiger partial charge is 0.143 e. The summed E-state index contributed by atoms with van der Waals surface area (Å²) in [6, 6.07) is 7.92. The average molecular weight is 269 g/mol. The molecule has 2 aromatic rings. The predicted octanol–water partition coefficient (Wildman–Crippen LogP) is 0.627. The highest BCUT2D eigenvalue weighted by Gasteiger charge is 2.31. The van der Waals surface area contributed by atoms with Gasteiger partial charge in [0.15, 0.2) is 0 Å². The fourth-order valence-corrected chi connectivity index (χ4v) is 2.46. The molecule has 1 aromatic carbocycles. The van der Waals surface area contributed by atoms with Crippen LogP contribution in [0.5, 0.6) is 0 Å². The van der Waals surface area contributed by atoms with E-state index in [-0.39, 0.29) is 0 Å². The molecule has 1 N–H and O–H groups in total. The number of aromatic nitrogens is 4. The van der Waals surface area contributed by atoms with E-state index in [2.05, 4.69) is 26.3 Å². The molecule has 6 nitrogen and oxygen atoms in total. The van der Waals surface area contributed by atoms with E-state index in [0.29, 0.717) is 25.9 Å². The van der Waals surface area contributed by atoms with E-state index in [1.165, 1.54) is 0 Å². The summed E-state index contributed by atoms with van der Waals surface area (Å²) >= 11 is 0. The monoisotopic (exact) mass is 269 g/mol. The Morgan fingerprint density at radius 2 is 1.90 bits per heavy atom. The van der Waals surface area contributed by atoms with Crippen molar-refractivity contribution in [2.45, 2.75) is 18.4 Å². The lowest BCUT2D eigenvalue weighted by Gasteiger charge is -2.37. The summed E-state index contributed by atoms with van der Waals surface area (Å²) in [4.78, 5) is 2.20. The van der Waals surface area contributed by atoms with Gasteiger partial charge in [0.25, 0.3) is 0 Å². The first-order valence-corrected chi connectivity index (χ1v) is 6.49. The van der Waals surface area contributed by atoms with Crippen molar-refractivity contribution >= 4 is 5.69 Å². The van der Waals surface area contributed by atoms with Crippen LogP contribution >= 0.6 is 0 Å². The molecular formula is C14H15N5O. The summed E-state index contributed by atoms with van der Waals surface area (Å²) in [7, 11) is 0. The van der Waals surface area contributed by atoms with Gasteiger partial charge in [0.2, 0.25) is 0 Å². The number of aliphatic hydroxyl groups is 1. The van der Waals surface area contributed by atoms with Crippen molar-refractivity contribution < 1.29 is 5.11 Å². The summed E-state index contributed by atoms with van der Waals surface area (Å²) in [5.41, 5.74) is 0.989. The average Bonchev–Trinajstić information content (AvgIpc) is 3.02. The molecule has 0 amide bonds. The summed E-state index contributed by atoms with van der Waals surface area (Å²) < 4.78 is 1.64. The van der Waals surface area contributed by atoms with Crippen molar-refractivity contribution in [2.24, 2.45) is 0 Å². The maximum absolute atomic E-state index is 10.1. The van der Waals surface area contributed by atoms with E-state index in [4.69, 9.17) is 6.42 Å². The molecule has 0 saturated carbocycles. The lowest BCUT2D eigenvalue weighted by molar-refractivity contribution is 0.0748. The molecule has 102 valence electrons. The van der Waals surface area contributed by atoms with E-state index in [9.17, 15) is 5.11 Å². The highest BCUT2D eigenvalue weighted by molar-refractivity contribution is 5.62. The molecule has 1 aromatic heterocycles. The summed E-state index contributed by atoms with van der Waals surface area (Å²) in [5, 5.41) is 21.4. The van der Waals surface area contributed by atoms with Gasteiger partial charge in [-0.2, -0.15) is 4.68 Å². The number of nitrogens with zero attached hydrogens (tertiary/aromatic N) is 5. The Balaban J connectivity index is 1.88. The molecule has 0 aliphatic carbocycles. The van der Waals surface area contributed by atoms with Crippen molar-refractivity contribution in [1.82, 2.24) is 20.2 Å². The Morgan fingerprint density at radius 3 is 2.50 bits per heavy atom. The molecule has 2 heterocycles. The van der Waals surface area contributed by atoms with Gasteiger partial charge in [-0.1, -0.05) is 18.1 Å². The number of hydrogen-bond acceptors (Lipinski definition) is 5. The van der Waals surface area contributed by atoms with Crippen molar-refractivity contribution in [3.05, 3.63) is 30.6 Å². The molecule has 3 rings (SSSR count). The van der Waals surface area contributed by atoms with Crippen LogP contribution in [0, 0.1) is 12.3 Å². The molecule has 0 unspecified atom stereocenters. The minimum atomic E-state index is -0.972. The SMILES string of the molecule is C#CC1(O)CCN(c2ccccc2-n2cnnn2)CC1. The van der Waals surface area contributed by atoms with Crippen LogP contribution < -0.4 is 4.90 Å². The number of benzene rings is 1. The van der Waals surface area contributed by atoms with E-state index in [0.717, 1.165) is 11.4 Å². The first kappa shape index (κ1) is 12.6. The molecule has 1 aliphatic heterocycles. The summed E-state index contributed by atoms with van der Waals surface area (Å²) in [6.45, 7) is 1.42. The van der Waals surface area contributed by atoms with Crippen molar-refractivity contribution in [3.8, 4) is 18.0 Å². The molecule has 0 spiro atoms. The van der Waals surface area contributed by atoms with Gasteiger partial charge < -0.3 is 10.0 Å². The van der Waals surface area contributed by atoms with E-state index < -0.39 is 5.60 Å². The molecule has 1 aliphatic rings. The van der Waals surface area contributed by atoms with Crippen LogP contribution in [0.4, 0.5) is 5.69 Å². The van der Waals surface area contributed by atoms with Crippen LogP contribution in [0.2, 0.25) is 0 Å². The first-order valence-electron chi connectivity index (χ1n) is 6.49. The number of piperidine rings is 1. The number of rotatable bonds is 2. The second-order valence-electron chi connectivity index (χ2n) is 4.91. The number of para-hydroxylation sites is 2. The Hall–Kier alpha value is -2.39. The minimum Gasteiger partial charge on any atom is -0.377 e. The fourth-order valence-electron chi connectivity index (χ4n) is 2.46. The normalized spacial score (nSPS) is 17.7. The van der Waals surface area contributed by atoms with Gasteiger partial charge in [0.1, 0.15) is 11.9 Å². The minimum absolute atomic E-state index is 0.563. The van der Waals surface area contributed by atoms with Gasteiger partial charge in [-0.3, -0.25) is 0 Å². The lowest BCUT2D eigenvalue weighted by Crippen LogP contribution is -2.43. The zero-order valence-electron chi connectivity index (χ0n) is 11.0. The Labute approximate surface area is 117 Å². The van der Waals surface area contributed by atoms with Crippen molar-refractivity contribution in [1.29, 1.82) is 0 Å². The third-order valence-electron chi connectivity index (χ3n) is 3.68. The molecule has 0 radical (unpaired) electrons. The number of anilines is 1. The lowest BCUT2D eigenvalue weighted by atomic mass is 9.92. The van der Waals surface area contributed by atoms with Crippen molar-refractivity contribution in [3.63, 3.8) is 0 Å². The maximum Gasteiger partial charge on any atom is 0.143 e. The number of hydrogen-bond donors (Lipinski definition) is 1. The Kier molecular flexibility index (Phi) is 3.12. The topological polar surface area (TPSA) is 67.1 Å². The van der Waals surface area contributed by atoms with Gasteiger partial charge in [-0.15, -0.1) is 11.5 Å². The molecule has 1 fully saturated rings. The highest BCUT2D eigenvalue weighted by atomic mass is 16.3. The van der Waals surface area contributed by atoms with Gasteiger partial charge >= 0.3 is 0 Å². The largest absolute Gasteiger partial charge is 0.377 e. The van der Waals surface area contributed by atoms with Crippen LogP contribution in [0.15, 0.2) is 30.6 Å². The second kappa shape index (κ2) is 4.94. The second-order valence-corrected chi connectivity index (χ2v) is 4.91. The van der Waals surface area contributed by atoms with Gasteiger partial charge in [-0.05, 0) is 22.6 Å². The summed E-state index contributed by atoms with van der Waals surface area (Å²) in [5.74, 6) is 2.49. The molecular weight excluding hydrogens is 254 g/mol. The molecule has 1 saturated heterocycles. The number of tetrazole rings is 1. The molecule has 0 bridgehead atoms. The van der Waals surface area contributed by atoms with Crippen LogP contribution in [0.1, 0.15) is 12.8 Å². The first-order chi connectivity index (χ1) is 9.72. The van der Waals surface area contributed by atoms with Gasteiger partial charge in [-0.25, -0.2) is 0 Å². The van der Waals surface area contributed by atoms with Gasteiger partial charge in [0, 0.05) is 25.9 Å². The summed E-state index contributed by atoms with van der Waals surface area (Å²) in [6.07, 6.45) is 8.08. The molecule has 0 atom stereocenters. The van der Waals surface area contributed by atoms with Crippen molar-refractivity contribution in [2.75, 3.05) is 18.0 Å². The number of terminal acetylenes is 1. The van der Waals surface area contributed by atoms with Crippen LogP contribution in [0.3, 0.4) is 0 Å². The molecule has 6 heteroatoms. The van der Waals surface area contributed by atoms with Crippen LogP contribution in [-0.4, -0.2) is 44.0 Å². The van der Waals surface area contributed by atoms with E-state index in [1.807, 2.05) is 24.3 Å². The molecule has 20 heavy (non-hydrogen) atoms. The Morgan fingerprint density at radius 1 is 1.20 bits per heavy atom. The highest BCUT2D eigenvalue weighted by Crippen LogP contribution is 2.29. The van der Waals surface area contributed by atoms with E-state index >= 15 is 0 Å². The fraction of sp³-hybridized carbons (Fsp3) is 0.357. The predicted molar refractivity (Wildman–Crippen MR) is 74.4 cm³/mol. The van der Waals surface area contributed by atoms with Crippen LogP contribution in [-0.2, 0) is 0 Å². The quantitative estimate of drug-likeness (QED) is 0.810. The third kappa shape index (κ3) is 2.24. The van der Waals surface area contributed by atoms with Crippen LogP contribution in [0.25, 0.3) is 5.69 Å².